The largest absolute Gasteiger partial charge is 0.455 e. The molecular weight excluding hydrogens is 308 g/mol. The Morgan fingerprint density at radius 2 is 2.04 bits per heavy atom. The van der Waals surface area contributed by atoms with E-state index in [2.05, 4.69) is 10.3 Å². The number of amides is 1. The Hall–Kier alpha value is -2.44. The number of ether oxygens (including phenoxy) is 3. The summed E-state index contributed by atoms with van der Waals surface area (Å²) in [7, 11) is 1.62. The number of nitrogens with one attached hydrogen (secondary N) is 1. The van der Waals surface area contributed by atoms with E-state index < -0.39 is 0 Å². The molecule has 1 amide bonds. The van der Waals surface area contributed by atoms with Gasteiger partial charge in [-0.2, -0.15) is 0 Å². The van der Waals surface area contributed by atoms with Crippen LogP contribution in [0.4, 0.5) is 0 Å². The highest BCUT2D eigenvalue weighted by atomic mass is 16.5. The summed E-state index contributed by atoms with van der Waals surface area (Å²) in [5.41, 5.74) is 0.463. The van der Waals surface area contributed by atoms with Crippen molar-refractivity contribution in [2.45, 2.75) is 13.0 Å². The molecule has 1 atom stereocenters. The molecule has 2 rings (SSSR count). The average molecular weight is 330 g/mol. The number of nitrogens with zero attached hydrogens (tertiary/aromatic N) is 1. The number of hydrogen-bond donors (Lipinski definition) is 1. The number of pyridine rings is 1. The normalized spacial score (nSPS) is 11.8. The molecule has 0 aliphatic carbocycles. The van der Waals surface area contributed by atoms with Crippen molar-refractivity contribution >= 4 is 5.91 Å². The number of methoxy groups -OCH3 is 1. The Balaban J connectivity index is 1.96. The van der Waals surface area contributed by atoms with Crippen LogP contribution in [0.25, 0.3) is 0 Å². The van der Waals surface area contributed by atoms with Crippen molar-refractivity contribution in [3.8, 4) is 11.5 Å². The zero-order valence-corrected chi connectivity index (χ0v) is 13.9. The number of carbonyl (C=O) groups excluding carboxylic acids is 1. The van der Waals surface area contributed by atoms with Crippen LogP contribution in [0.3, 0.4) is 0 Å². The van der Waals surface area contributed by atoms with Crippen molar-refractivity contribution in [3.05, 3.63) is 54.4 Å². The topological polar surface area (TPSA) is 69.7 Å². The first kappa shape index (κ1) is 17.9. The lowest BCUT2D eigenvalue weighted by Crippen LogP contribution is -2.36. The zero-order valence-electron chi connectivity index (χ0n) is 13.9. The van der Waals surface area contributed by atoms with Gasteiger partial charge < -0.3 is 19.5 Å². The minimum absolute atomic E-state index is 0.124. The van der Waals surface area contributed by atoms with E-state index in [0.29, 0.717) is 36.9 Å². The summed E-state index contributed by atoms with van der Waals surface area (Å²) in [4.78, 5) is 16.5. The van der Waals surface area contributed by atoms with Crippen LogP contribution >= 0.6 is 0 Å². The summed E-state index contributed by atoms with van der Waals surface area (Å²) >= 11 is 0. The molecule has 6 heteroatoms. The zero-order chi connectivity index (χ0) is 17.2. The minimum Gasteiger partial charge on any atom is -0.455 e. The van der Waals surface area contributed by atoms with Crippen LogP contribution in [-0.4, -0.2) is 43.9 Å². The first-order chi connectivity index (χ1) is 11.7. The maximum absolute atomic E-state index is 12.5. The number of hydrogen-bond acceptors (Lipinski definition) is 5. The molecule has 1 aromatic carbocycles. The van der Waals surface area contributed by atoms with Crippen molar-refractivity contribution in [3.63, 3.8) is 0 Å². The molecule has 0 radical (unpaired) electrons. The standard InChI is InChI=1S/C18H22N2O4/c1-14(13-23-11-10-22-2)20-18(21)16-7-3-4-8-17(16)24-15-6-5-9-19-12-15/h3-9,12,14H,10-11,13H2,1-2H3,(H,20,21). The quantitative estimate of drug-likeness (QED) is 0.716. The van der Waals surface area contributed by atoms with Crippen molar-refractivity contribution in [2.75, 3.05) is 26.9 Å². The Labute approximate surface area is 141 Å². The van der Waals surface area contributed by atoms with Crippen molar-refractivity contribution in [1.82, 2.24) is 10.3 Å². The molecule has 1 aromatic heterocycles. The highest BCUT2D eigenvalue weighted by Gasteiger charge is 2.15. The van der Waals surface area contributed by atoms with Gasteiger partial charge in [0.2, 0.25) is 0 Å². The fourth-order valence-electron chi connectivity index (χ4n) is 2.02. The number of aromatic nitrogens is 1. The first-order valence-corrected chi connectivity index (χ1v) is 7.75. The van der Waals surface area contributed by atoms with Crippen LogP contribution in [0.5, 0.6) is 11.5 Å². The van der Waals surface area contributed by atoms with E-state index in [-0.39, 0.29) is 11.9 Å². The van der Waals surface area contributed by atoms with Crippen molar-refractivity contribution < 1.29 is 19.0 Å². The number of carbonyl (C=O) groups is 1. The molecule has 1 heterocycles. The van der Waals surface area contributed by atoms with Crippen LogP contribution in [0.2, 0.25) is 0 Å². The summed E-state index contributed by atoms with van der Waals surface area (Å²) in [5, 5.41) is 2.90. The Bertz CT molecular complexity index is 634. The van der Waals surface area contributed by atoms with Crippen LogP contribution in [-0.2, 0) is 9.47 Å². The van der Waals surface area contributed by atoms with E-state index >= 15 is 0 Å². The Morgan fingerprint density at radius 3 is 2.79 bits per heavy atom. The smallest absolute Gasteiger partial charge is 0.255 e. The second-order valence-electron chi connectivity index (χ2n) is 5.23. The number of rotatable bonds is 9. The number of para-hydroxylation sites is 1. The second kappa shape index (κ2) is 9.64. The fourth-order valence-corrected chi connectivity index (χ4v) is 2.02. The molecule has 6 nitrogen and oxygen atoms in total. The maximum Gasteiger partial charge on any atom is 0.255 e. The van der Waals surface area contributed by atoms with Crippen molar-refractivity contribution in [1.29, 1.82) is 0 Å². The summed E-state index contributed by atoms with van der Waals surface area (Å²) in [6, 6.07) is 10.5. The van der Waals surface area contributed by atoms with Gasteiger partial charge in [-0.3, -0.25) is 9.78 Å². The predicted octanol–water partition coefficient (Wildman–Crippen LogP) is 2.66. The van der Waals surface area contributed by atoms with E-state index in [1.54, 1.807) is 49.8 Å². The molecule has 0 fully saturated rings. The van der Waals surface area contributed by atoms with Gasteiger partial charge in [-0.25, -0.2) is 0 Å². The monoisotopic (exact) mass is 330 g/mol. The maximum atomic E-state index is 12.5. The van der Waals surface area contributed by atoms with E-state index in [1.807, 2.05) is 13.0 Å². The van der Waals surface area contributed by atoms with Gasteiger partial charge in [-0.1, -0.05) is 12.1 Å². The lowest BCUT2D eigenvalue weighted by Gasteiger charge is -2.16. The molecule has 0 saturated carbocycles. The van der Waals surface area contributed by atoms with Gasteiger partial charge in [0.25, 0.3) is 5.91 Å². The average Bonchev–Trinajstić information content (AvgIpc) is 2.60. The summed E-state index contributed by atoms with van der Waals surface area (Å²) in [6.07, 6.45) is 3.26. The third-order valence-electron chi connectivity index (χ3n) is 3.17. The highest BCUT2D eigenvalue weighted by molar-refractivity contribution is 5.97. The number of benzene rings is 1. The molecular formula is C18H22N2O4. The molecule has 0 aliphatic heterocycles. The second-order valence-corrected chi connectivity index (χ2v) is 5.23. The van der Waals surface area contributed by atoms with Gasteiger partial charge in [0.15, 0.2) is 0 Å². The summed E-state index contributed by atoms with van der Waals surface area (Å²) in [5.74, 6) is 0.849. The van der Waals surface area contributed by atoms with Crippen molar-refractivity contribution in [2.24, 2.45) is 0 Å². The van der Waals surface area contributed by atoms with Crippen LogP contribution < -0.4 is 10.1 Å². The highest BCUT2D eigenvalue weighted by Crippen LogP contribution is 2.24. The first-order valence-electron chi connectivity index (χ1n) is 7.75. The Kier molecular flexibility index (Phi) is 7.20. The molecule has 1 N–H and O–H groups in total. The third kappa shape index (κ3) is 5.64. The van der Waals surface area contributed by atoms with Gasteiger partial charge in [-0.15, -0.1) is 0 Å². The molecule has 24 heavy (non-hydrogen) atoms. The van der Waals surface area contributed by atoms with E-state index in [0.717, 1.165) is 0 Å². The van der Waals surface area contributed by atoms with Crippen LogP contribution in [0.15, 0.2) is 48.8 Å². The van der Waals surface area contributed by atoms with Gasteiger partial charge >= 0.3 is 0 Å². The van der Waals surface area contributed by atoms with E-state index in [9.17, 15) is 4.79 Å². The minimum atomic E-state index is -0.211. The van der Waals surface area contributed by atoms with Gasteiger partial charge in [0.1, 0.15) is 11.5 Å². The predicted molar refractivity (Wildman–Crippen MR) is 90.4 cm³/mol. The molecule has 0 saturated heterocycles. The summed E-state index contributed by atoms with van der Waals surface area (Å²) < 4.78 is 16.1. The molecule has 2 aromatic rings. The molecule has 1 unspecified atom stereocenters. The molecule has 128 valence electrons. The molecule has 0 bridgehead atoms. The lowest BCUT2D eigenvalue weighted by atomic mass is 10.1. The molecule has 0 aliphatic rings. The van der Waals surface area contributed by atoms with Gasteiger partial charge in [-0.05, 0) is 31.2 Å². The lowest BCUT2D eigenvalue weighted by molar-refractivity contribution is 0.0583. The van der Waals surface area contributed by atoms with Crippen LogP contribution in [0, 0.1) is 0 Å². The van der Waals surface area contributed by atoms with Gasteiger partial charge in [0.05, 0.1) is 31.6 Å². The van der Waals surface area contributed by atoms with Crippen LogP contribution in [0.1, 0.15) is 17.3 Å². The summed E-state index contributed by atoms with van der Waals surface area (Å²) in [6.45, 7) is 3.33. The molecule has 0 spiro atoms. The SMILES string of the molecule is COCCOCC(C)NC(=O)c1ccccc1Oc1cccnc1. The van der Waals surface area contributed by atoms with E-state index in [1.165, 1.54) is 0 Å². The Morgan fingerprint density at radius 1 is 1.21 bits per heavy atom. The van der Waals surface area contributed by atoms with Gasteiger partial charge in [0, 0.05) is 19.3 Å². The third-order valence-corrected chi connectivity index (χ3v) is 3.17. The fraction of sp³-hybridized carbons (Fsp3) is 0.333. The van der Waals surface area contributed by atoms with E-state index in [4.69, 9.17) is 14.2 Å².